The van der Waals surface area contributed by atoms with Crippen LogP contribution >= 0.6 is 15.9 Å². The summed E-state index contributed by atoms with van der Waals surface area (Å²) >= 11 is 3.70. The van der Waals surface area contributed by atoms with E-state index < -0.39 is 0 Å². The molecule has 1 aromatic rings. The van der Waals surface area contributed by atoms with Crippen LogP contribution in [-0.4, -0.2) is 14.2 Å². The number of benzene rings is 1. The Morgan fingerprint density at radius 3 is 2.43 bits per heavy atom. The maximum Gasteiger partial charge on any atom is 0.126 e. The Morgan fingerprint density at radius 1 is 1.29 bits per heavy atom. The quantitative estimate of drug-likeness (QED) is 0.659. The van der Waals surface area contributed by atoms with Gasteiger partial charge in [0.05, 0.1) is 7.11 Å². The van der Waals surface area contributed by atoms with E-state index in [9.17, 15) is 0 Å². The van der Waals surface area contributed by atoms with Gasteiger partial charge in [0.2, 0.25) is 0 Å². The Bertz CT molecular complexity index is 459. The molecule has 2 nitrogen and oxygen atoms in total. The van der Waals surface area contributed by atoms with E-state index >= 15 is 0 Å². The molecule has 0 spiro atoms. The van der Waals surface area contributed by atoms with Gasteiger partial charge in [-0.3, -0.25) is 0 Å². The second-order valence-electron chi connectivity index (χ2n) is 5.82. The molecular formula is C18H30BrNO. The van der Waals surface area contributed by atoms with Gasteiger partial charge in [-0.2, -0.15) is 0 Å². The van der Waals surface area contributed by atoms with E-state index in [0.29, 0.717) is 12.0 Å². The predicted molar refractivity (Wildman–Crippen MR) is 95.3 cm³/mol. The monoisotopic (exact) mass is 355 g/mol. The standard InChI is InChI=1S/C18H30BrNO/c1-7-9-10-14(8-2)17(20-5)16-13(4)15(19)11-12(3)18(16)21-6/h11,14,17,20H,7-10H2,1-6H3. The molecule has 0 aliphatic carbocycles. The average Bonchev–Trinajstić information content (AvgIpc) is 2.47. The van der Waals surface area contributed by atoms with Gasteiger partial charge >= 0.3 is 0 Å². The molecule has 0 saturated carbocycles. The lowest BCUT2D eigenvalue weighted by Crippen LogP contribution is -2.26. The summed E-state index contributed by atoms with van der Waals surface area (Å²) in [7, 11) is 3.84. The number of rotatable bonds is 8. The van der Waals surface area contributed by atoms with E-state index in [0.717, 1.165) is 5.75 Å². The number of ether oxygens (including phenoxy) is 1. The Balaban J connectivity index is 3.32. The SMILES string of the molecule is CCCCC(CC)C(NC)c1c(C)c(Br)cc(C)c1OC. The highest BCUT2D eigenvalue weighted by Gasteiger charge is 2.26. The molecule has 0 heterocycles. The third kappa shape index (κ3) is 4.23. The van der Waals surface area contributed by atoms with Crippen molar-refractivity contribution in [3.05, 3.63) is 27.2 Å². The zero-order valence-electron chi connectivity index (χ0n) is 14.3. The summed E-state index contributed by atoms with van der Waals surface area (Å²) in [6.45, 7) is 8.85. The van der Waals surface area contributed by atoms with E-state index in [1.807, 2.05) is 0 Å². The summed E-state index contributed by atoms with van der Waals surface area (Å²) in [6, 6.07) is 2.49. The first-order valence-electron chi connectivity index (χ1n) is 8.02. The van der Waals surface area contributed by atoms with E-state index in [1.54, 1.807) is 7.11 Å². The molecular weight excluding hydrogens is 326 g/mol. The van der Waals surface area contributed by atoms with Crippen LogP contribution in [0.3, 0.4) is 0 Å². The Kier molecular flexibility index (Phi) is 7.75. The van der Waals surface area contributed by atoms with Gasteiger partial charge in [0.25, 0.3) is 0 Å². The number of halogens is 1. The van der Waals surface area contributed by atoms with Gasteiger partial charge in [-0.15, -0.1) is 0 Å². The molecule has 0 amide bonds. The van der Waals surface area contributed by atoms with Crippen molar-refractivity contribution < 1.29 is 4.74 Å². The zero-order chi connectivity index (χ0) is 16.0. The number of methoxy groups -OCH3 is 1. The van der Waals surface area contributed by atoms with Crippen LogP contribution in [0.25, 0.3) is 0 Å². The van der Waals surface area contributed by atoms with Crippen molar-refractivity contribution in [2.24, 2.45) is 5.92 Å². The highest BCUT2D eigenvalue weighted by molar-refractivity contribution is 9.10. The van der Waals surface area contributed by atoms with Crippen LogP contribution in [0.2, 0.25) is 0 Å². The fourth-order valence-electron chi connectivity index (χ4n) is 3.21. The predicted octanol–water partition coefficient (Wildman–Crippen LogP) is 5.55. The molecule has 0 aliphatic heterocycles. The summed E-state index contributed by atoms with van der Waals surface area (Å²) in [6.07, 6.45) is 4.97. The molecule has 1 aromatic carbocycles. The smallest absolute Gasteiger partial charge is 0.126 e. The average molecular weight is 356 g/mol. The molecule has 0 saturated heterocycles. The molecule has 0 aromatic heterocycles. The lowest BCUT2D eigenvalue weighted by molar-refractivity contribution is 0.322. The molecule has 1 N–H and O–H groups in total. The van der Waals surface area contributed by atoms with Crippen molar-refractivity contribution in [2.75, 3.05) is 14.2 Å². The third-order valence-corrected chi connectivity index (χ3v) is 5.28. The molecule has 2 atom stereocenters. The Hall–Kier alpha value is -0.540. The van der Waals surface area contributed by atoms with Crippen LogP contribution in [0.4, 0.5) is 0 Å². The summed E-state index contributed by atoms with van der Waals surface area (Å²) in [4.78, 5) is 0. The van der Waals surface area contributed by atoms with Crippen molar-refractivity contribution in [1.82, 2.24) is 5.32 Å². The van der Waals surface area contributed by atoms with Crippen LogP contribution in [0.5, 0.6) is 5.75 Å². The van der Waals surface area contributed by atoms with E-state index in [2.05, 4.69) is 62.1 Å². The fourth-order valence-corrected chi connectivity index (χ4v) is 3.77. The highest BCUT2D eigenvalue weighted by Crippen LogP contribution is 2.40. The summed E-state index contributed by atoms with van der Waals surface area (Å²) in [5, 5.41) is 3.55. The minimum atomic E-state index is 0.340. The first-order chi connectivity index (χ1) is 10.0. The van der Waals surface area contributed by atoms with Gasteiger partial charge in [-0.25, -0.2) is 0 Å². The van der Waals surface area contributed by atoms with Crippen LogP contribution < -0.4 is 10.1 Å². The highest BCUT2D eigenvalue weighted by atomic mass is 79.9. The summed E-state index contributed by atoms with van der Waals surface area (Å²) in [5.74, 6) is 1.67. The molecule has 3 heteroatoms. The molecule has 0 bridgehead atoms. The Morgan fingerprint density at radius 2 is 1.95 bits per heavy atom. The van der Waals surface area contributed by atoms with Gasteiger partial charge in [0, 0.05) is 16.1 Å². The summed E-state index contributed by atoms with van der Waals surface area (Å²) < 4.78 is 6.90. The number of hydrogen-bond acceptors (Lipinski definition) is 2. The maximum absolute atomic E-state index is 5.73. The lowest BCUT2D eigenvalue weighted by Gasteiger charge is -2.30. The van der Waals surface area contributed by atoms with Gasteiger partial charge < -0.3 is 10.1 Å². The molecule has 0 fully saturated rings. The first-order valence-corrected chi connectivity index (χ1v) is 8.81. The second kappa shape index (κ2) is 8.79. The number of unbranched alkanes of at least 4 members (excludes halogenated alkanes) is 1. The van der Waals surface area contributed by atoms with Crippen molar-refractivity contribution in [2.45, 2.75) is 59.4 Å². The van der Waals surface area contributed by atoms with Crippen molar-refractivity contribution >= 4 is 15.9 Å². The van der Waals surface area contributed by atoms with Gasteiger partial charge in [0.1, 0.15) is 5.75 Å². The number of nitrogens with one attached hydrogen (secondary N) is 1. The molecule has 0 radical (unpaired) electrons. The molecule has 120 valence electrons. The van der Waals surface area contributed by atoms with Crippen LogP contribution in [-0.2, 0) is 0 Å². The largest absolute Gasteiger partial charge is 0.496 e. The second-order valence-corrected chi connectivity index (χ2v) is 6.68. The van der Waals surface area contributed by atoms with Gasteiger partial charge in [-0.05, 0) is 50.4 Å². The first kappa shape index (κ1) is 18.5. The molecule has 21 heavy (non-hydrogen) atoms. The van der Waals surface area contributed by atoms with Gasteiger partial charge in [-0.1, -0.05) is 49.0 Å². The van der Waals surface area contributed by atoms with Crippen molar-refractivity contribution in [1.29, 1.82) is 0 Å². The van der Waals surface area contributed by atoms with Crippen LogP contribution in [0.1, 0.15) is 62.3 Å². The minimum Gasteiger partial charge on any atom is -0.496 e. The van der Waals surface area contributed by atoms with Crippen molar-refractivity contribution in [3.63, 3.8) is 0 Å². The van der Waals surface area contributed by atoms with Crippen molar-refractivity contribution in [3.8, 4) is 5.75 Å². The molecule has 1 rings (SSSR count). The molecule has 2 unspecified atom stereocenters. The number of aryl methyl sites for hydroxylation is 1. The van der Waals surface area contributed by atoms with Gasteiger partial charge in [0.15, 0.2) is 0 Å². The Labute approximate surface area is 138 Å². The minimum absolute atomic E-state index is 0.340. The fraction of sp³-hybridized carbons (Fsp3) is 0.667. The number of hydrogen-bond donors (Lipinski definition) is 1. The normalized spacial score (nSPS) is 14.0. The van der Waals surface area contributed by atoms with Crippen LogP contribution in [0, 0.1) is 19.8 Å². The molecule has 0 aliphatic rings. The van der Waals surface area contributed by atoms with E-state index in [-0.39, 0.29) is 0 Å². The lowest BCUT2D eigenvalue weighted by atomic mass is 9.84. The van der Waals surface area contributed by atoms with Crippen LogP contribution in [0.15, 0.2) is 10.5 Å². The van der Waals surface area contributed by atoms with E-state index in [4.69, 9.17) is 4.74 Å². The maximum atomic E-state index is 5.73. The zero-order valence-corrected chi connectivity index (χ0v) is 15.9. The topological polar surface area (TPSA) is 21.3 Å². The third-order valence-electron chi connectivity index (χ3n) is 4.46. The van der Waals surface area contributed by atoms with E-state index in [1.165, 1.54) is 46.8 Å². The summed E-state index contributed by atoms with van der Waals surface area (Å²) in [5.41, 5.74) is 3.79.